The molecule has 0 saturated heterocycles. The number of aliphatic hydroxyl groups excluding tert-OH is 1. The molecule has 1 aromatic heterocycles. The van der Waals surface area contributed by atoms with Gasteiger partial charge in [0.15, 0.2) is 0 Å². The molecule has 0 aliphatic rings. The van der Waals surface area contributed by atoms with Gasteiger partial charge in [0.25, 0.3) is 0 Å². The number of unbranched alkanes of at least 4 members (excludes halogenated alkanes) is 1. The molecule has 64 heavy (non-hydrogen) atoms. The van der Waals surface area contributed by atoms with Gasteiger partial charge in [0.05, 0.1) is 31.9 Å². The summed E-state index contributed by atoms with van der Waals surface area (Å²) in [5, 5.41) is 28.7. The number of carbonyl (C=O) groups excluding carboxylic acids is 10. The molecule has 0 aliphatic carbocycles. The van der Waals surface area contributed by atoms with Crippen LogP contribution in [-0.2, 0) is 60.8 Å². The Bertz CT molecular complexity index is 1920. The van der Waals surface area contributed by atoms with Crippen LogP contribution in [0.15, 0.2) is 42.9 Å². The summed E-state index contributed by atoms with van der Waals surface area (Å²) in [6.45, 7) is 2.94. The molecule has 0 saturated carbocycles. The molecule has 8 atom stereocenters. The molecule has 0 bridgehead atoms. The Labute approximate surface area is 368 Å². The van der Waals surface area contributed by atoms with Crippen LogP contribution in [0.25, 0.3) is 0 Å². The van der Waals surface area contributed by atoms with Crippen molar-refractivity contribution >= 4 is 59.1 Å². The normalized spacial score (nSPS) is 14.6. The average Bonchev–Trinajstić information content (AvgIpc) is 3.76. The summed E-state index contributed by atoms with van der Waals surface area (Å²) >= 11 is 0. The number of hydrogen-bond acceptors (Lipinski definition) is 14. The van der Waals surface area contributed by atoms with Crippen molar-refractivity contribution < 1.29 is 53.1 Å². The van der Waals surface area contributed by atoms with E-state index in [0.29, 0.717) is 30.6 Å². The van der Waals surface area contributed by atoms with Crippen molar-refractivity contribution in [2.24, 2.45) is 22.9 Å². The summed E-state index contributed by atoms with van der Waals surface area (Å²) in [4.78, 5) is 135. The quantitative estimate of drug-likeness (QED) is 0.0354. The maximum Gasteiger partial charge on any atom is 0.243 e. The molecule has 18 N–H and O–H groups in total. The van der Waals surface area contributed by atoms with E-state index in [4.69, 9.17) is 22.9 Å². The SMILES string of the molecule is C[C@@H](N)C(=O)N[C@H](CCCCN)C(=O)NCC(=O)N[C@H](Cc1ccccc1)C(=O)N[C@H](C)C(=O)N[C@H](C)C(=O)N[C@H](CC(N)=O)C(=O)N[C@H](Cc1cnc[nH]1)C(=O)N[C@H](CO)C(N)=O. The first-order valence-electron chi connectivity index (χ1n) is 20.3. The summed E-state index contributed by atoms with van der Waals surface area (Å²) < 4.78 is 0. The second kappa shape index (κ2) is 27.2. The fourth-order valence-corrected chi connectivity index (χ4v) is 5.73. The fourth-order valence-electron chi connectivity index (χ4n) is 5.73. The number of nitrogens with two attached hydrogens (primary N) is 4. The molecule has 0 fully saturated rings. The van der Waals surface area contributed by atoms with E-state index in [-0.39, 0.29) is 19.3 Å². The lowest BCUT2D eigenvalue weighted by Gasteiger charge is -2.25. The van der Waals surface area contributed by atoms with Crippen LogP contribution < -0.4 is 65.5 Å². The van der Waals surface area contributed by atoms with Gasteiger partial charge in [-0.05, 0) is 52.1 Å². The number of aliphatic hydroxyl groups is 1. The van der Waals surface area contributed by atoms with Crippen molar-refractivity contribution in [3.8, 4) is 0 Å². The highest BCUT2D eigenvalue weighted by Crippen LogP contribution is 2.06. The molecule has 25 heteroatoms. The highest BCUT2D eigenvalue weighted by molar-refractivity contribution is 5.98. The van der Waals surface area contributed by atoms with E-state index < -0.39 is 127 Å². The Balaban J connectivity index is 2.12. The van der Waals surface area contributed by atoms with Gasteiger partial charge in [0.1, 0.15) is 42.3 Å². The van der Waals surface area contributed by atoms with E-state index in [2.05, 4.69) is 52.5 Å². The van der Waals surface area contributed by atoms with Gasteiger partial charge >= 0.3 is 0 Å². The van der Waals surface area contributed by atoms with Gasteiger partial charge in [-0.1, -0.05) is 30.3 Å². The summed E-state index contributed by atoms with van der Waals surface area (Å²) in [5.41, 5.74) is 22.7. The monoisotopic (exact) mass is 900 g/mol. The third kappa shape index (κ3) is 19.0. The highest BCUT2D eigenvalue weighted by atomic mass is 16.3. The van der Waals surface area contributed by atoms with E-state index in [0.717, 1.165) is 0 Å². The third-order valence-corrected chi connectivity index (χ3v) is 9.35. The second-order valence-electron chi connectivity index (χ2n) is 14.8. The summed E-state index contributed by atoms with van der Waals surface area (Å²) in [6.07, 6.45) is 2.96. The van der Waals surface area contributed by atoms with Crippen molar-refractivity contribution in [1.29, 1.82) is 0 Å². The lowest BCUT2D eigenvalue weighted by Crippen LogP contribution is -2.60. The predicted octanol–water partition coefficient (Wildman–Crippen LogP) is -6.43. The van der Waals surface area contributed by atoms with E-state index >= 15 is 0 Å². The number of aromatic nitrogens is 2. The number of carbonyl (C=O) groups is 10. The molecule has 2 rings (SSSR count). The summed E-state index contributed by atoms with van der Waals surface area (Å²) in [7, 11) is 0. The number of nitrogens with one attached hydrogen (secondary N) is 9. The van der Waals surface area contributed by atoms with Crippen LogP contribution in [-0.4, -0.2) is 142 Å². The molecular weight excluding hydrogens is 841 g/mol. The van der Waals surface area contributed by atoms with Crippen molar-refractivity contribution in [3.05, 3.63) is 54.1 Å². The van der Waals surface area contributed by atoms with Crippen molar-refractivity contribution in [1.82, 2.24) is 52.5 Å². The number of hydrogen-bond donors (Lipinski definition) is 14. The van der Waals surface area contributed by atoms with Crippen molar-refractivity contribution in [2.75, 3.05) is 19.7 Å². The fraction of sp³-hybridized carbons (Fsp3) is 0.513. The summed E-state index contributed by atoms with van der Waals surface area (Å²) in [5.74, 6) is -8.76. The van der Waals surface area contributed by atoms with Crippen LogP contribution >= 0.6 is 0 Å². The topological polar surface area (TPSA) is 420 Å². The molecule has 0 radical (unpaired) electrons. The summed E-state index contributed by atoms with van der Waals surface area (Å²) in [6, 6.07) is -1.91. The third-order valence-electron chi connectivity index (χ3n) is 9.35. The number of nitrogens with zero attached hydrogens (tertiary/aromatic N) is 1. The molecule has 1 heterocycles. The number of amides is 10. The first kappa shape index (κ1) is 53.1. The van der Waals surface area contributed by atoms with Crippen molar-refractivity contribution in [3.63, 3.8) is 0 Å². The minimum absolute atomic E-state index is 0.0352. The minimum atomic E-state index is -1.68. The number of benzene rings is 1. The Morgan fingerprint density at radius 3 is 1.77 bits per heavy atom. The van der Waals surface area contributed by atoms with E-state index in [1.165, 1.54) is 33.3 Å². The molecular formula is C39H60N14O11. The number of H-pyrrole nitrogens is 1. The molecule has 25 nitrogen and oxygen atoms in total. The first-order valence-corrected chi connectivity index (χ1v) is 20.3. The number of imidazole rings is 1. The largest absolute Gasteiger partial charge is 0.394 e. The molecule has 10 amide bonds. The number of aromatic amines is 1. The lowest BCUT2D eigenvalue weighted by molar-refractivity contribution is -0.136. The number of rotatable bonds is 28. The van der Waals surface area contributed by atoms with Crippen LogP contribution in [0, 0.1) is 0 Å². The van der Waals surface area contributed by atoms with Crippen LogP contribution in [0.1, 0.15) is 57.7 Å². The Morgan fingerprint density at radius 1 is 0.656 bits per heavy atom. The lowest BCUT2D eigenvalue weighted by atomic mass is 10.0. The molecule has 0 aliphatic heterocycles. The Morgan fingerprint density at radius 2 is 1.20 bits per heavy atom. The molecule has 352 valence electrons. The Hall–Kier alpha value is -6.99. The molecule has 2 aromatic rings. The Kier molecular flexibility index (Phi) is 22.5. The van der Waals surface area contributed by atoms with E-state index in [1.54, 1.807) is 30.3 Å². The van der Waals surface area contributed by atoms with Crippen LogP contribution in [0.4, 0.5) is 0 Å². The standard InChI is InChI=1S/C39H60N14O11/c1-20(41)33(58)50-25(11-7-8-12-40)36(61)45-17-31(56)49-26(13-23-9-5-4-6-10-23)37(62)48-21(2)34(59)47-22(3)35(60)51-28(15-30(42)55)39(64)52-27(14-24-16-44-19-46-24)38(63)53-29(18-54)32(43)57/h4-6,9-10,16,19-22,25-29,54H,7-8,11-15,17-18,40-41H2,1-3H3,(H2,42,55)(H2,43,57)(H,44,46)(H,45,61)(H,47,59)(H,48,62)(H,49,56)(H,50,58)(H,51,60)(H,52,64)(H,53,63)/t20-,21-,22-,25-,26-,27-,28-,29-/m1/s1. The van der Waals surface area contributed by atoms with Gasteiger partial charge in [-0.25, -0.2) is 4.98 Å². The number of primary amides is 2. The van der Waals surface area contributed by atoms with E-state index in [1.807, 2.05) is 0 Å². The highest BCUT2D eigenvalue weighted by Gasteiger charge is 2.33. The van der Waals surface area contributed by atoms with Crippen LogP contribution in [0.3, 0.4) is 0 Å². The zero-order valence-electron chi connectivity index (χ0n) is 35.8. The van der Waals surface area contributed by atoms with Crippen molar-refractivity contribution in [2.45, 2.75) is 108 Å². The molecule has 0 spiro atoms. The zero-order chi connectivity index (χ0) is 47.9. The smallest absolute Gasteiger partial charge is 0.243 e. The average molecular weight is 901 g/mol. The predicted molar refractivity (Wildman–Crippen MR) is 227 cm³/mol. The van der Waals surface area contributed by atoms with Gasteiger partial charge in [-0.2, -0.15) is 0 Å². The maximum atomic E-state index is 13.6. The van der Waals surface area contributed by atoms with Gasteiger partial charge < -0.3 is 75.6 Å². The van der Waals surface area contributed by atoms with Gasteiger partial charge in [0.2, 0.25) is 59.1 Å². The van der Waals surface area contributed by atoms with E-state index in [9.17, 15) is 53.1 Å². The minimum Gasteiger partial charge on any atom is -0.394 e. The second-order valence-corrected chi connectivity index (χ2v) is 14.8. The molecule has 0 unspecified atom stereocenters. The van der Waals surface area contributed by atoms with Gasteiger partial charge in [-0.3, -0.25) is 47.9 Å². The maximum absolute atomic E-state index is 13.6. The molecule has 1 aromatic carbocycles. The van der Waals surface area contributed by atoms with Gasteiger partial charge in [-0.15, -0.1) is 0 Å². The first-order chi connectivity index (χ1) is 30.2. The van der Waals surface area contributed by atoms with Crippen LogP contribution in [0.5, 0.6) is 0 Å². The van der Waals surface area contributed by atoms with Crippen LogP contribution in [0.2, 0.25) is 0 Å². The zero-order valence-corrected chi connectivity index (χ0v) is 35.8. The van der Waals surface area contributed by atoms with Gasteiger partial charge in [0, 0.05) is 24.7 Å².